The van der Waals surface area contributed by atoms with Crippen LogP contribution in [0.4, 0.5) is 4.39 Å². The van der Waals surface area contributed by atoms with Gasteiger partial charge in [0.1, 0.15) is 5.82 Å². The van der Waals surface area contributed by atoms with Crippen LogP contribution in [0.1, 0.15) is 24.2 Å². The number of aliphatic hydroxyl groups excluding tert-OH is 1. The topological polar surface area (TPSA) is 63.0 Å². The van der Waals surface area contributed by atoms with Gasteiger partial charge in [0.15, 0.2) is 0 Å². The normalized spacial score (nSPS) is 12.6. The standard InChI is InChI=1S/C13H17FN4O/c1-10(12-4-2-3-5-13(12)14)15-8-11-9-18(6-7-19)17-16-11/h2-5,9-10,15,19H,6-8H2,1H3. The lowest BCUT2D eigenvalue weighted by Gasteiger charge is -2.13. The van der Waals surface area contributed by atoms with E-state index < -0.39 is 0 Å². The Balaban J connectivity index is 1.92. The Morgan fingerprint density at radius 1 is 1.42 bits per heavy atom. The SMILES string of the molecule is CC(NCc1cn(CCO)nn1)c1ccccc1F. The third kappa shape index (κ3) is 3.59. The number of nitrogens with zero attached hydrogens (tertiary/aromatic N) is 3. The number of benzene rings is 1. The number of hydrogen-bond donors (Lipinski definition) is 2. The van der Waals surface area contributed by atoms with Gasteiger partial charge in [0, 0.05) is 24.3 Å². The Morgan fingerprint density at radius 2 is 2.21 bits per heavy atom. The van der Waals surface area contributed by atoms with Gasteiger partial charge in [-0.3, -0.25) is 0 Å². The highest BCUT2D eigenvalue weighted by atomic mass is 19.1. The van der Waals surface area contributed by atoms with Crippen molar-refractivity contribution in [3.8, 4) is 0 Å². The second-order valence-electron chi connectivity index (χ2n) is 4.32. The molecule has 0 radical (unpaired) electrons. The Labute approximate surface area is 111 Å². The summed E-state index contributed by atoms with van der Waals surface area (Å²) >= 11 is 0. The third-order valence-electron chi connectivity index (χ3n) is 2.88. The van der Waals surface area contributed by atoms with Crippen molar-refractivity contribution in [2.45, 2.75) is 26.1 Å². The number of nitrogens with one attached hydrogen (secondary N) is 1. The van der Waals surface area contributed by atoms with Crippen molar-refractivity contribution in [2.24, 2.45) is 0 Å². The molecular formula is C13H17FN4O. The second-order valence-corrected chi connectivity index (χ2v) is 4.32. The second kappa shape index (κ2) is 6.40. The molecule has 0 aliphatic carbocycles. The number of halogens is 1. The fourth-order valence-electron chi connectivity index (χ4n) is 1.83. The molecule has 1 unspecified atom stereocenters. The molecule has 2 rings (SSSR count). The van der Waals surface area contributed by atoms with Gasteiger partial charge in [-0.15, -0.1) is 5.10 Å². The minimum Gasteiger partial charge on any atom is -0.394 e. The summed E-state index contributed by atoms with van der Waals surface area (Å²) in [5.74, 6) is -0.216. The smallest absolute Gasteiger partial charge is 0.127 e. The van der Waals surface area contributed by atoms with Gasteiger partial charge in [-0.05, 0) is 13.0 Å². The van der Waals surface area contributed by atoms with Crippen molar-refractivity contribution in [3.05, 3.63) is 47.5 Å². The minimum atomic E-state index is -0.216. The summed E-state index contributed by atoms with van der Waals surface area (Å²) in [6, 6.07) is 6.59. The van der Waals surface area contributed by atoms with Crippen molar-refractivity contribution in [3.63, 3.8) is 0 Å². The Bertz CT molecular complexity index is 529. The summed E-state index contributed by atoms with van der Waals surface area (Å²) < 4.78 is 15.1. The molecule has 0 saturated heterocycles. The van der Waals surface area contributed by atoms with Crippen LogP contribution in [-0.4, -0.2) is 26.7 Å². The van der Waals surface area contributed by atoms with Gasteiger partial charge in [-0.2, -0.15) is 0 Å². The molecule has 2 N–H and O–H groups in total. The molecule has 0 fully saturated rings. The average Bonchev–Trinajstić information content (AvgIpc) is 2.85. The van der Waals surface area contributed by atoms with E-state index in [1.165, 1.54) is 6.07 Å². The molecule has 1 heterocycles. The van der Waals surface area contributed by atoms with Crippen molar-refractivity contribution in [1.29, 1.82) is 0 Å². The van der Waals surface area contributed by atoms with E-state index in [0.717, 1.165) is 5.69 Å². The number of rotatable bonds is 6. The van der Waals surface area contributed by atoms with E-state index in [9.17, 15) is 4.39 Å². The molecule has 0 bridgehead atoms. The lowest BCUT2D eigenvalue weighted by atomic mass is 10.1. The van der Waals surface area contributed by atoms with Crippen LogP contribution in [-0.2, 0) is 13.1 Å². The zero-order valence-electron chi connectivity index (χ0n) is 10.8. The lowest BCUT2D eigenvalue weighted by Crippen LogP contribution is -2.19. The van der Waals surface area contributed by atoms with Gasteiger partial charge >= 0.3 is 0 Å². The fraction of sp³-hybridized carbons (Fsp3) is 0.385. The summed E-state index contributed by atoms with van der Waals surface area (Å²) in [7, 11) is 0. The van der Waals surface area contributed by atoms with E-state index in [-0.39, 0.29) is 18.5 Å². The zero-order chi connectivity index (χ0) is 13.7. The van der Waals surface area contributed by atoms with Crippen LogP contribution >= 0.6 is 0 Å². The quantitative estimate of drug-likeness (QED) is 0.824. The molecular weight excluding hydrogens is 247 g/mol. The average molecular weight is 264 g/mol. The van der Waals surface area contributed by atoms with Crippen LogP contribution in [0.3, 0.4) is 0 Å². The third-order valence-corrected chi connectivity index (χ3v) is 2.88. The first-order chi connectivity index (χ1) is 9.20. The summed E-state index contributed by atoms with van der Waals surface area (Å²) in [6.07, 6.45) is 1.76. The van der Waals surface area contributed by atoms with E-state index in [0.29, 0.717) is 18.7 Å². The van der Waals surface area contributed by atoms with Crippen molar-refractivity contribution in [1.82, 2.24) is 20.3 Å². The molecule has 6 heteroatoms. The molecule has 5 nitrogen and oxygen atoms in total. The van der Waals surface area contributed by atoms with Crippen LogP contribution in [0.15, 0.2) is 30.5 Å². The summed E-state index contributed by atoms with van der Waals surface area (Å²) in [4.78, 5) is 0. The van der Waals surface area contributed by atoms with Crippen LogP contribution < -0.4 is 5.32 Å². The maximum atomic E-state index is 13.6. The van der Waals surface area contributed by atoms with Crippen LogP contribution in [0.2, 0.25) is 0 Å². The molecule has 19 heavy (non-hydrogen) atoms. The highest BCUT2D eigenvalue weighted by Gasteiger charge is 2.10. The van der Waals surface area contributed by atoms with Gasteiger partial charge in [-0.25, -0.2) is 9.07 Å². The molecule has 0 spiro atoms. The van der Waals surface area contributed by atoms with Crippen LogP contribution in [0.25, 0.3) is 0 Å². The highest BCUT2D eigenvalue weighted by Crippen LogP contribution is 2.16. The summed E-state index contributed by atoms with van der Waals surface area (Å²) in [6.45, 7) is 2.86. The maximum absolute atomic E-state index is 13.6. The predicted octanol–water partition coefficient (Wildman–Crippen LogP) is 1.26. The molecule has 1 aromatic carbocycles. The maximum Gasteiger partial charge on any atom is 0.127 e. The summed E-state index contributed by atoms with van der Waals surface area (Å²) in [5.41, 5.74) is 1.39. The molecule has 1 atom stereocenters. The van der Waals surface area contributed by atoms with Gasteiger partial charge in [0.2, 0.25) is 0 Å². The van der Waals surface area contributed by atoms with Gasteiger partial charge in [-0.1, -0.05) is 23.4 Å². The fourth-order valence-corrected chi connectivity index (χ4v) is 1.83. The zero-order valence-corrected chi connectivity index (χ0v) is 10.8. The van der Waals surface area contributed by atoms with Gasteiger partial charge < -0.3 is 10.4 Å². The van der Waals surface area contributed by atoms with E-state index in [1.807, 2.05) is 13.0 Å². The van der Waals surface area contributed by atoms with Crippen LogP contribution in [0.5, 0.6) is 0 Å². The van der Waals surface area contributed by atoms with Crippen molar-refractivity contribution < 1.29 is 9.50 Å². The first-order valence-electron chi connectivity index (χ1n) is 6.18. The first-order valence-corrected chi connectivity index (χ1v) is 6.18. The molecule has 102 valence electrons. The minimum absolute atomic E-state index is 0.0296. The summed E-state index contributed by atoms with van der Waals surface area (Å²) in [5, 5.41) is 19.8. The van der Waals surface area contributed by atoms with E-state index in [4.69, 9.17) is 5.11 Å². The number of hydrogen-bond acceptors (Lipinski definition) is 4. The molecule has 0 aliphatic rings. The monoisotopic (exact) mass is 264 g/mol. The Kier molecular flexibility index (Phi) is 4.59. The molecule has 0 aliphatic heterocycles. The molecule has 0 saturated carbocycles. The van der Waals surface area contributed by atoms with Crippen LogP contribution in [0, 0.1) is 5.82 Å². The van der Waals surface area contributed by atoms with E-state index in [2.05, 4.69) is 15.6 Å². The lowest BCUT2D eigenvalue weighted by molar-refractivity contribution is 0.268. The highest BCUT2D eigenvalue weighted by molar-refractivity contribution is 5.20. The van der Waals surface area contributed by atoms with Gasteiger partial charge in [0.25, 0.3) is 0 Å². The number of aromatic nitrogens is 3. The van der Waals surface area contributed by atoms with Crippen molar-refractivity contribution >= 4 is 0 Å². The first kappa shape index (κ1) is 13.6. The Hall–Kier alpha value is -1.79. The Morgan fingerprint density at radius 3 is 2.95 bits per heavy atom. The van der Waals surface area contributed by atoms with E-state index >= 15 is 0 Å². The van der Waals surface area contributed by atoms with E-state index in [1.54, 1.807) is 23.0 Å². The number of aliphatic hydroxyl groups is 1. The largest absolute Gasteiger partial charge is 0.394 e. The van der Waals surface area contributed by atoms with Gasteiger partial charge in [0.05, 0.1) is 18.8 Å². The molecule has 0 amide bonds. The molecule has 1 aromatic heterocycles. The predicted molar refractivity (Wildman–Crippen MR) is 68.8 cm³/mol. The molecule has 2 aromatic rings. The van der Waals surface area contributed by atoms with Crippen molar-refractivity contribution in [2.75, 3.05) is 6.61 Å².